The third-order valence-corrected chi connectivity index (χ3v) is 4.84. The van der Waals surface area contributed by atoms with Gasteiger partial charge in [0, 0.05) is 11.8 Å². The molecule has 0 unspecified atom stereocenters. The van der Waals surface area contributed by atoms with Crippen LogP contribution in [0.15, 0.2) is 14.7 Å². The average molecular weight is 285 g/mol. The molecule has 5 nitrogen and oxygen atoms in total. The van der Waals surface area contributed by atoms with E-state index in [1.54, 1.807) is 40.9 Å². The number of thioether (sulfide) groups is 2. The second kappa shape index (κ2) is 5.65. The van der Waals surface area contributed by atoms with Crippen LogP contribution in [0.3, 0.4) is 0 Å². The molecule has 2 rings (SSSR count). The molecule has 2 N–H and O–H groups in total. The summed E-state index contributed by atoms with van der Waals surface area (Å²) >= 11 is 4.75. The topological polar surface area (TPSA) is 77.6 Å². The Hall–Kier alpha value is -0.860. The third kappa shape index (κ3) is 3.55. The molecule has 0 aromatic carbocycles. The molecular formula is C9H11N5S3. The Labute approximate surface area is 112 Å². The van der Waals surface area contributed by atoms with Crippen LogP contribution in [0.2, 0.25) is 0 Å². The van der Waals surface area contributed by atoms with E-state index in [-0.39, 0.29) is 0 Å². The van der Waals surface area contributed by atoms with Gasteiger partial charge >= 0.3 is 0 Å². The minimum absolute atomic E-state index is 0.509. The predicted molar refractivity (Wildman–Crippen MR) is 72.4 cm³/mol. The van der Waals surface area contributed by atoms with Gasteiger partial charge in [0.15, 0.2) is 8.68 Å². The van der Waals surface area contributed by atoms with Crippen LogP contribution < -0.4 is 5.73 Å². The molecule has 0 aliphatic rings. The zero-order valence-corrected chi connectivity index (χ0v) is 11.8. The van der Waals surface area contributed by atoms with E-state index < -0.39 is 0 Å². The smallest absolute Gasteiger partial charge is 0.175 e. The van der Waals surface area contributed by atoms with E-state index in [1.807, 2.05) is 13.2 Å². The van der Waals surface area contributed by atoms with E-state index in [0.717, 1.165) is 20.2 Å². The fourth-order valence-electron chi connectivity index (χ4n) is 1.18. The lowest BCUT2D eigenvalue weighted by atomic mass is 10.4. The van der Waals surface area contributed by atoms with Crippen molar-refractivity contribution in [1.29, 1.82) is 0 Å². The van der Waals surface area contributed by atoms with Crippen molar-refractivity contribution in [2.75, 3.05) is 12.0 Å². The molecule has 0 radical (unpaired) electrons. The highest BCUT2D eigenvalue weighted by molar-refractivity contribution is 8.02. The van der Waals surface area contributed by atoms with Crippen molar-refractivity contribution in [3.63, 3.8) is 0 Å². The molecular weight excluding hydrogens is 274 g/mol. The summed E-state index contributed by atoms with van der Waals surface area (Å²) in [6.45, 7) is 1.91. The lowest BCUT2D eigenvalue weighted by Crippen LogP contribution is -1.99. The molecule has 8 heteroatoms. The molecule has 0 bridgehead atoms. The number of hydrogen-bond donors (Lipinski definition) is 1. The van der Waals surface area contributed by atoms with Gasteiger partial charge in [-0.25, -0.2) is 9.97 Å². The van der Waals surface area contributed by atoms with Crippen LogP contribution in [0.1, 0.15) is 11.5 Å². The highest BCUT2D eigenvalue weighted by atomic mass is 32.2. The highest BCUT2D eigenvalue weighted by Gasteiger charge is 2.06. The number of hydrogen-bond acceptors (Lipinski definition) is 8. The zero-order chi connectivity index (χ0) is 12.3. The second-order valence-corrected chi connectivity index (χ2v) is 6.43. The fraction of sp³-hybridized carbons (Fsp3) is 0.333. The first-order valence-electron chi connectivity index (χ1n) is 4.77. The first-order valence-corrected chi connectivity index (χ1v) is 7.80. The van der Waals surface area contributed by atoms with Crippen LogP contribution in [-0.4, -0.2) is 26.4 Å². The summed E-state index contributed by atoms with van der Waals surface area (Å²) in [7, 11) is 0. The summed E-state index contributed by atoms with van der Waals surface area (Å²) in [5.74, 6) is 1.90. The van der Waals surface area contributed by atoms with E-state index in [2.05, 4.69) is 20.2 Å². The summed E-state index contributed by atoms with van der Waals surface area (Å²) in [6.07, 6.45) is 1.99. The molecule has 0 saturated carbocycles. The van der Waals surface area contributed by atoms with Crippen LogP contribution >= 0.6 is 34.9 Å². The van der Waals surface area contributed by atoms with Crippen molar-refractivity contribution >= 4 is 40.7 Å². The summed E-state index contributed by atoms with van der Waals surface area (Å²) in [6, 6.07) is 1.75. The van der Waals surface area contributed by atoms with Crippen molar-refractivity contribution in [2.24, 2.45) is 0 Å². The molecule has 0 amide bonds. The molecule has 0 fully saturated rings. The molecule has 0 atom stereocenters. The number of rotatable bonds is 4. The van der Waals surface area contributed by atoms with Crippen molar-refractivity contribution < 1.29 is 0 Å². The van der Waals surface area contributed by atoms with Crippen LogP contribution in [0, 0.1) is 6.92 Å². The van der Waals surface area contributed by atoms with Gasteiger partial charge in [-0.1, -0.05) is 34.9 Å². The Balaban J connectivity index is 2.01. The number of aryl methyl sites for hydroxylation is 1. The average Bonchev–Trinajstić information content (AvgIpc) is 2.73. The largest absolute Gasteiger partial charge is 0.384 e. The zero-order valence-electron chi connectivity index (χ0n) is 9.38. The molecule has 2 aromatic rings. The quantitative estimate of drug-likeness (QED) is 0.863. The summed E-state index contributed by atoms with van der Waals surface area (Å²) in [5, 5.41) is 8.10. The molecule has 90 valence electrons. The molecule has 0 aliphatic carbocycles. The molecule has 17 heavy (non-hydrogen) atoms. The lowest BCUT2D eigenvalue weighted by Gasteiger charge is -2.00. The van der Waals surface area contributed by atoms with E-state index in [9.17, 15) is 0 Å². The van der Waals surface area contributed by atoms with Gasteiger partial charge in [0.2, 0.25) is 0 Å². The molecule has 0 spiro atoms. The van der Waals surface area contributed by atoms with Crippen LogP contribution in [-0.2, 0) is 5.75 Å². The maximum Gasteiger partial charge on any atom is 0.175 e. The van der Waals surface area contributed by atoms with Crippen molar-refractivity contribution in [3.8, 4) is 0 Å². The van der Waals surface area contributed by atoms with Crippen LogP contribution in [0.4, 0.5) is 5.82 Å². The highest BCUT2D eigenvalue weighted by Crippen LogP contribution is 2.28. The molecule has 0 saturated heterocycles. The minimum Gasteiger partial charge on any atom is -0.384 e. The summed E-state index contributed by atoms with van der Waals surface area (Å²) < 4.78 is 1.90. The van der Waals surface area contributed by atoms with Crippen LogP contribution in [0.25, 0.3) is 0 Å². The van der Waals surface area contributed by atoms with Gasteiger partial charge in [-0.3, -0.25) is 0 Å². The standard InChI is InChI=1S/C9H11N5S3/c1-5-3-6(10)12-7(11-5)4-16-9-14-13-8(15-2)17-9/h3H,4H2,1-2H3,(H2,10,11,12). The van der Waals surface area contributed by atoms with Crippen molar-refractivity contribution in [3.05, 3.63) is 17.6 Å². The monoisotopic (exact) mass is 285 g/mol. The summed E-state index contributed by atoms with van der Waals surface area (Å²) in [4.78, 5) is 8.49. The van der Waals surface area contributed by atoms with E-state index in [0.29, 0.717) is 11.6 Å². The number of nitrogens with two attached hydrogens (primary N) is 1. The van der Waals surface area contributed by atoms with Gasteiger partial charge < -0.3 is 5.73 Å². The minimum atomic E-state index is 0.509. The number of nitrogen functional groups attached to an aromatic ring is 1. The normalized spacial score (nSPS) is 10.7. The van der Waals surface area contributed by atoms with E-state index in [4.69, 9.17) is 5.73 Å². The predicted octanol–water partition coefficient (Wildman–Crippen LogP) is 2.23. The van der Waals surface area contributed by atoms with Gasteiger partial charge in [-0.15, -0.1) is 10.2 Å². The number of anilines is 1. The first kappa shape index (κ1) is 12.6. The van der Waals surface area contributed by atoms with Gasteiger partial charge in [-0.2, -0.15) is 0 Å². The molecule has 2 aromatic heterocycles. The Bertz CT molecular complexity index is 493. The van der Waals surface area contributed by atoms with E-state index >= 15 is 0 Å². The van der Waals surface area contributed by atoms with Gasteiger partial charge in [0.05, 0.1) is 5.75 Å². The van der Waals surface area contributed by atoms with Crippen molar-refractivity contribution in [1.82, 2.24) is 20.2 Å². The van der Waals surface area contributed by atoms with Gasteiger partial charge in [0.1, 0.15) is 11.6 Å². The SMILES string of the molecule is CSc1nnc(SCc2nc(C)cc(N)n2)s1. The van der Waals surface area contributed by atoms with Crippen LogP contribution in [0.5, 0.6) is 0 Å². The lowest BCUT2D eigenvalue weighted by molar-refractivity contribution is 0.951. The first-order chi connectivity index (χ1) is 8.17. The third-order valence-electron chi connectivity index (χ3n) is 1.81. The Kier molecular flexibility index (Phi) is 4.19. The molecule has 2 heterocycles. The van der Waals surface area contributed by atoms with Crippen molar-refractivity contribution in [2.45, 2.75) is 21.4 Å². The van der Waals surface area contributed by atoms with E-state index in [1.165, 1.54) is 0 Å². The number of nitrogens with zero attached hydrogens (tertiary/aromatic N) is 4. The Morgan fingerprint density at radius 2 is 2.06 bits per heavy atom. The maximum atomic E-state index is 5.66. The summed E-state index contributed by atoms with van der Waals surface area (Å²) in [5.41, 5.74) is 6.55. The second-order valence-electron chi connectivity index (χ2n) is 3.18. The Morgan fingerprint density at radius 3 is 2.71 bits per heavy atom. The molecule has 0 aliphatic heterocycles. The fourth-order valence-corrected chi connectivity index (χ4v) is 3.48. The number of aromatic nitrogens is 4. The van der Waals surface area contributed by atoms with Gasteiger partial charge in [0.25, 0.3) is 0 Å². The maximum absolute atomic E-state index is 5.66. The van der Waals surface area contributed by atoms with Gasteiger partial charge in [-0.05, 0) is 13.2 Å². The Morgan fingerprint density at radius 1 is 1.29 bits per heavy atom.